The monoisotopic (exact) mass is 632 g/mol. The van der Waals surface area contributed by atoms with Crippen molar-refractivity contribution in [3.05, 3.63) is 47.3 Å². The molecule has 0 saturated heterocycles. The first kappa shape index (κ1) is 33.6. The van der Waals surface area contributed by atoms with Crippen LogP contribution in [0.25, 0.3) is 11.3 Å². The second kappa shape index (κ2) is 11.9. The lowest BCUT2D eigenvalue weighted by atomic mass is 9.83. The highest BCUT2D eigenvalue weighted by Gasteiger charge is 2.47. The van der Waals surface area contributed by atoms with Crippen molar-refractivity contribution in [2.24, 2.45) is 7.05 Å². The van der Waals surface area contributed by atoms with E-state index < -0.39 is 25.4 Å². The SMILES string of the molecule is CNC(=O)c1cc(Nc2nccc(-c3cc(C#N)c4c(c3)[C@@](C)(CO[Si](C)(C)C(C)(C)C)CN4C(=O)OC(C)(C)C)n2)n(C)n1. The maximum Gasteiger partial charge on any atom is 0.414 e. The molecule has 1 atom stereocenters. The molecule has 2 N–H and O–H groups in total. The van der Waals surface area contributed by atoms with Gasteiger partial charge in [-0.15, -0.1) is 0 Å². The van der Waals surface area contributed by atoms with E-state index in [0.29, 0.717) is 41.5 Å². The number of hydrogen-bond acceptors (Lipinski definition) is 9. The number of nitriles is 1. The average molecular weight is 633 g/mol. The number of hydrogen-bond donors (Lipinski definition) is 2. The Balaban J connectivity index is 1.78. The summed E-state index contributed by atoms with van der Waals surface area (Å²) in [5.41, 5.74) is 1.86. The number of anilines is 3. The molecular weight excluding hydrogens is 588 g/mol. The molecule has 0 radical (unpaired) electrons. The fraction of sp³-hybridized carbons (Fsp3) is 0.500. The second-order valence-corrected chi connectivity index (χ2v) is 19.0. The van der Waals surface area contributed by atoms with Crippen LogP contribution in [0.1, 0.15) is 70.1 Å². The number of benzene rings is 1. The minimum atomic E-state index is -2.15. The number of nitrogens with one attached hydrogen (secondary N) is 2. The summed E-state index contributed by atoms with van der Waals surface area (Å²) >= 11 is 0. The van der Waals surface area contributed by atoms with E-state index in [1.165, 1.54) is 4.68 Å². The van der Waals surface area contributed by atoms with Gasteiger partial charge >= 0.3 is 6.09 Å². The van der Waals surface area contributed by atoms with E-state index in [0.717, 1.165) is 5.56 Å². The Morgan fingerprint density at radius 3 is 2.44 bits per heavy atom. The third-order valence-corrected chi connectivity index (χ3v) is 12.8. The lowest BCUT2D eigenvalue weighted by molar-refractivity contribution is 0.0575. The van der Waals surface area contributed by atoms with Crippen LogP contribution in [0.5, 0.6) is 0 Å². The third-order valence-electron chi connectivity index (χ3n) is 8.36. The predicted molar refractivity (Wildman–Crippen MR) is 176 cm³/mol. The number of carbonyl (C=O) groups excluding carboxylic acids is 2. The summed E-state index contributed by atoms with van der Waals surface area (Å²) in [6.07, 6.45) is 1.11. The molecule has 1 aliphatic heterocycles. The summed E-state index contributed by atoms with van der Waals surface area (Å²) in [6, 6.07) is 9.39. The molecular formula is C32H44N8O4Si. The Hall–Kier alpha value is -4.28. The van der Waals surface area contributed by atoms with E-state index in [9.17, 15) is 14.9 Å². The number of amides is 2. The van der Waals surface area contributed by atoms with Crippen molar-refractivity contribution < 1.29 is 18.8 Å². The first-order valence-electron chi connectivity index (χ1n) is 14.9. The molecule has 4 rings (SSSR count). The Labute approximate surface area is 266 Å². The third kappa shape index (κ3) is 7.02. The zero-order chi connectivity index (χ0) is 33.5. The largest absolute Gasteiger partial charge is 0.443 e. The van der Waals surface area contributed by atoms with Crippen molar-refractivity contribution >= 4 is 37.8 Å². The Morgan fingerprint density at radius 2 is 1.84 bits per heavy atom. The summed E-state index contributed by atoms with van der Waals surface area (Å²) in [5, 5.41) is 20.3. The lowest BCUT2D eigenvalue weighted by Crippen LogP contribution is -2.46. The van der Waals surface area contributed by atoms with E-state index in [1.807, 2.05) is 26.8 Å². The van der Waals surface area contributed by atoms with Gasteiger partial charge in [0.1, 0.15) is 17.5 Å². The van der Waals surface area contributed by atoms with Crippen LogP contribution in [-0.4, -0.2) is 65.9 Å². The molecule has 0 aliphatic carbocycles. The number of aryl methyl sites for hydroxylation is 1. The zero-order valence-electron chi connectivity index (χ0n) is 28.1. The lowest BCUT2D eigenvalue weighted by Gasteiger charge is -2.39. The maximum absolute atomic E-state index is 13.5. The number of fused-ring (bicyclic) bond motifs is 1. The molecule has 13 heteroatoms. The standard InChI is InChI=1S/C32H44N8O4Si/c1-30(2,3)44-29(42)40-18-32(7,19-43-45(10,11)31(4,5)6)22-15-20(14-21(17-33)26(22)40)23-12-13-35-28(36-23)37-25-16-24(27(41)34-8)38-39(25)9/h12-16H,18-19H2,1-11H3,(H,34,41)(H,35,36,37)/t32-/m1/s1. The highest BCUT2D eigenvalue weighted by Crippen LogP contribution is 2.47. The highest BCUT2D eigenvalue weighted by atomic mass is 28.4. The summed E-state index contributed by atoms with van der Waals surface area (Å²) in [4.78, 5) is 36.2. The summed E-state index contributed by atoms with van der Waals surface area (Å²) in [6.45, 7) is 19.2. The van der Waals surface area contributed by atoms with Crippen molar-refractivity contribution in [2.75, 3.05) is 30.4 Å². The first-order valence-corrected chi connectivity index (χ1v) is 17.8. The zero-order valence-corrected chi connectivity index (χ0v) is 29.1. The van der Waals surface area contributed by atoms with Gasteiger partial charge in [0.2, 0.25) is 5.95 Å². The summed E-state index contributed by atoms with van der Waals surface area (Å²) in [7, 11) is 1.11. The van der Waals surface area contributed by atoms with E-state index in [-0.39, 0.29) is 22.6 Å². The molecule has 0 fully saturated rings. The van der Waals surface area contributed by atoms with Crippen LogP contribution in [0, 0.1) is 11.3 Å². The van der Waals surface area contributed by atoms with Crippen LogP contribution in [0.3, 0.4) is 0 Å². The van der Waals surface area contributed by atoms with Crippen LogP contribution in [0.15, 0.2) is 30.5 Å². The normalized spacial score (nSPS) is 16.6. The van der Waals surface area contributed by atoms with Crippen LogP contribution >= 0.6 is 0 Å². The molecule has 2 amide bonds. The van der Waals surface area contributed by atoms with Crippen molar-refractivity contribution in [1.82, 2.24) is 25.1 Å². The number of nitrogens with zero attached hydrogens (tertiary/aromatic N) is 6. The minimum Gasteiger partial charge on any atom is -0.443 e. The molecule has 240 valence electrons. The highest BCUT2D eigenvalue weighted by molar-refractivity contribution is 6.74. The predicted octanol–water partition coefficient (Wildman–Crippen LogP) is 5.89. The topological polar surface area (TPSA) is 147 Å². The molecule has 3 aromatic rings. The Kier molecular flexibility index (Phi) is 8.89. The van der Waals surface area contributed by atoms with Crippen molar-refractivity contribution in [1.29, 1.82) is 5.26 Å². The van der Waals surface area contributed by atoms with Gasteiger partial charge in [0.25, 0.3) is 5.91 Å². The molecule has 12 nitrogen and oxygen atoms in total. The van der Waals surface area contributed by atoms with E-state index in [1.54, 1.807) is 43.4 Å². The average Bonchev–Trinajstić information content (AvgIpc) is 3.47. The van der Waals surface area contributed by atoms with E-state index in [4.69, 9.17) is 14.1 Å². The Morgan fingerprint density at radius 1 is 1.16 bits per heavy atom. The van der Waals surface area contributed by atoms with E-state index >= 15 is 0 Å². The van der Waals surface area contributed by atoms with Crippen molar-refractivity contribution in [3.8, 4) is 17.3 Å². The number of carbonyl (C=O) groups is 2. The van der Waals surface area contributed by atoms with Gasteiger partial charge < -0.3 is 19.8 Å². The molecule has 1 aromatic carbocycles. The molecule has 3 heterocycles. The number of rotatable bonds is 7. The molecule has 0 bridgehead atoms. The van der Waals surface area contributed by atoms with Crippen molar-refractivity contribution in [2.45, 2.75) is 77.6 Å². The number of ether oxygens (including phenoxy) is 1. The van der Waals surface area contributed by atoms with Crippen LogP contribution < -0.4 is 15.5 Å². The molecule has 0 unspecified atom stereocenters. The van der Waals surface area contributed by atoms with Gasteiger partial charge in [-0.05, 0) is 62.7 Å². The van der Waals surface area contributed by atoms with Gasteiger partial charge in [-0.3, -0.25) is 14.4 Å². The molecule has 45 heavy (non-hydrogen) atoms. The molecule has 2 aromatic heterocycles. The van der Waals surface area contributed by atoms with Gasteiger partial charge in [-0.2, -0.15) is 10.4 Å². The van der Waals surface area contributed by atoms with Crippen LogP contribution in [0.2, 0.25) is 18.1 Å². The fourth-order valence-electron chi connectivity index (χ4n) is 4.80. The molecule has 0 spiro atoms. The Bertz CT molecular complexity index is 1660. The van der Waals surface area contributed by atoms with Gasteiger partial charge in [-0.25, -0.2) is 14.8 Å². The fourth-order valence-corrected chi connectivity index (χ4v) is 5.91. The van der Waals surface area contributed by atoms with Gasteiger partial charge in [-0.1, -0.05) is 27.7 Å². The summed E-state index contributed by atoms with van der Waals surface area (Å²) in [5.74, 6) is 0.509. The smallest absolute Gasteiger partial charge is 0.414 e. The van der Waals surface area contributed by atoms with Gasteiger partial charge in [0, 0.05) is 50.5 Å². The van der Waals surface area contributed by atoms with Crippen LogP contribution in [-0.2, 0) is 21.6 Å². The summed E-state index contributed by atoms with van der Waals surface area (Å²) < 4.78 is 14.0. The quantitative estimate of drug-likeness (QED) is 0.304. The minimum absolute atomic E-state index is 0.00532. The first-order chi connectivity index (χ1) is 20.8. The molecule has 1 aliphatic rings. The van der Waals surface area contributed by atoms with Gasteiger partial charge in [0.15, 0.2) is 14.0 Å². The second-order valence-electron chi connectivity index (χ2n) is 14.2. The maximum atomic E-state index is 13.5. The van der Waals surface area contributed by atoms with Crippen molar-refractivity contribution in [3.63, 3.8) is 0 Å². The van der Waals surface area contributed by atoms with E-state index in [2.05, 4.69) is 67.6 Å². The van der Waals surface area contributed by atoms with Gasteiger partial charge in [0.05, 0.1) is 16.9 Å². The number of aromatic nitrogens is 4. The van der Waals surface area contributed by atoms with Crippen LogP contribution in [0.4, 0.5) is 22.2 Å². The molecule has 0 saturated carbocycles.